The summed E-state index contributed by atoms with van der Waals surface area (Å²) in [5, 5.41) is 0. The Morgan fingerprint density at radius 3 is 2.71 bits per heavy atom. The van der Waals surface area contributed by atoms with Crippen LogP contribution in [0.25, 0.3) is 16.6 Å². The Hall–Kier alpha value is -1.61. The summed E-state index contributed by atoms with van der Waals surface area (Å²) in [6.45, 7) is 2.15. The zero-order valence-electron chi connectivity index (χ0n) is 10.3. The van der Waals surface area contributed by atoms with E-state index >= 15 is 0 Å². The summed E-state index contributed by atoms with van der Waals surface area (Å²) in [6.07, 6.45) is 3.39. The molecule has 1 aromatic carbocycles. The molecule has 0 aliphatic carbocycles. The highest BCUT2D eigenvalue weighted by atomic mass is 15.1. The topological polar surface area (TPSA) is 21.1 Å². The van der Waals surface area contributed by atoms with Gasteiger partial charge in [-0.15, -0.1) is 0 Å². The average Bonchev–Trinajstić information content (AvgIpc) is 2.69. The molecule has 17 heavy (non-hydrogen) atoms. The molecule has 0 unspecified atom stereocenters. The monoisotopic (exact) mass is 227 g/mol. The molecular weight excluding hydrogens is 210 g/mol. The van der Waals surface area contributed by atoms with Crippen molar-refractivity contribution in [1.29, 1.82) is 0 Å². The molecule has 0 spiro atoms. The van der Waals surface area contributed by atoms with Crippen LogP contribution in [0.5, 0.6) is 0 Å². The number of rotatable bonds is 1. The fourth-order valence-corrected chi connectivity index (χ4v) is 2.41. The highest BCUT2D eigenvalue weighted by Crippen LogP contribution is 2.24. The van der Waals surface area contributed by atoms with Crippen LogP contribution in [0.1, 0.15) is 12.2 Å². The first-order valence-corrected chi connectivity index (χ1v) is 6.05. The van der Waals surface area contributed by atoms with Gasteiger partial charge in [-0.1, -0.05) is 18.2 Å². The van der Waals surface area contributed by atoms with E-state index in [4.69, 9.17) is 4.98 Å². The lowest BCUT2D eigenvalue weighted by Crippen LogP contribution is -2.24. The first kappa shape index (κ1) is 10.5. The van der Waals surface area contributed by atoms with Gasteiger partial charge in [0.15, 0.2) is 0 Å². The zero-order chi connectivity index (χ0) is 11.8. The predicted octanol–water partition coefficient (Wildman–Crippen LogP) is 2.29. The maximum absolute atomic E-state index is 4.74. The lowest BCUT2D eigenvalue weighted by molar-refractivity contribution is 0.369. The van der Waals surface area contributed by atoms with Gasteiger partial charge in [-0.25, -0.2) is 4.98 Å². The largest absolute Gasteiger partial charge is 0.327 e. The molecule has 1 aromatic heterocycles. The van der Waals surface area contributed by atoms with Gasteiger partial charge in [0.2, 0.25) is 0 Å². The van der Waals surface area contributed by atoms with Crippen molar-refractivity contribution in [2.75, 3.05) is 20.1 Å². The Balaban J connectivity index is 2.09. The second-order valence-corrected chi connectivity index (χ2v) is 4.72. The second kappa shape index (κ2) is 4.00. The number of aromatic nitrogens is 2. The molecule has 88 valence electrons. The third-order valence-corrected chi connectivity index (χ3v) is 3.49. The molecule has 0 amide bonds. The standard InChI is InChI=1S/C14H17N3/c1-16-9-7-11(8-10-16)14-15-12-5-3-4-6-13(12)17(14)2/h3-7H,8-10H2,1-2H3. The summed E-state index contributed by atoms with van der Waals surface area (Å²) in [5.74, 6) is 1.12. The van der Waals surface area contributed by atoms with Crippen molar-refractivity contribution in [3.8, 4) is 0 Å². The van der Waals surface area contributed by atoms with Gasteiger partial charge in [0.05, 0.1) is 11.0 Å². The lowest BCUT2D eigenvalue weighted by atomic mass is 10.1. The van der Waals surface area contributed by atoms with E-state index in [1.54, 1.807) is 0 Å². The number of para-hydroxylation sites is 2. The van der Waals surface area contributed by atoms with Gasteiger partial charge in [-0.05, 0) is 31.2 Å². The molecule has 0 fully saturated rings. The highest BCUT2D eigenvalue weighted by Gasteiger charge is 2.15. The summed E-state index contributed by atoms with van der Waals surface area (Å²) in [7, 11) is 4.26. The van der Waals surface area contributed by atoms with E-state index in [1.165, 1.54) is 11.1 Å². The molecule has 3 nitrogen and oxygen atoms in total. The van der Waals surface area contributed by atoms with Crippen LogP contribution < -0.4 is 0 Å². The Morgan fingerprint density at radius 2 is 2.00 bits per heavy atom. The van der Waals surface area contributed by atoms with Gasteiger partial charge in [-0.2, -0.15) is 0 Å². The molecule has 3 rings (SSSR count). The maximum Gasteiger partial charge on any atom is 0.136 e. The average molecular weight is 227 g/mol. The number of imidazole rings is 1. The molecule has 3 heteroatoms. The summed E-state index contributed by atoms with van der Waals surface area (Å²) in [4.78, 5) is 7.06. The Bertz CT molecular complexity index is 580. The fraction of sp³-hybridized carbons (Fsp3) is 0.357. The van der Waals surface area contributed by atoms with Crippen molar-refractivity contribution < 1.29 is 0 Å². The number of likely N-dealkylation sites (N-methyl/N-ethyl adjacent to an activating group) is 1. The van der Waals surface area contributed by atoms with Crippen molar-refractivity contribution in [3.63, 3.8) is 0 Å². The summed E-state index contributed by atoms with van der Waals surface area (Å²) < 4.78 is 2.20. The normalized spacial score (nSPS) is 17.4. The molecular formula is C14H17N3. The van der Waals surface area contributed by atoms with Crippen LogP contribution in [0.3, 0.4) is 0 Å². The van der Waals surface area contributed by atoms with Gasteiger partial charge >= 0.3 is 0 Å². The van der Waals surface area contributed by atoms with Gasteiger partial charge < -0.3 is 9.47 Å². The molecule has 0 atom stereocenters. The molecule has 0 saturated carbocycles. The van der Waals surface area contributed by atoms with Crippen molar-refractivity contribution >= 4 is 16.6 Å². The van der Waals surface area contributed by atoms with Crippen LogP contribution in [0.2, 0.25) is 0 Å². The van der Waals surface area contributed by atoms with E-state index in [-0.39, 0.29) is 0 Å². The predicted molar refractivity (Wildman–Crippen MR) is 70.8 cm³/mol. The van der Waals surface area contributed by atoms with E-state index < -0.39 is 0 Å². The molecule has 0 bridgehead atoms. The van der Waals surface area contributed by atoms with Crippen molar-refractivity contribution in [3.05, 3.63) is 36.2 Å². The molecule has 0 saturated heterocycles. The first-order valence-electron chi connectivity index (χ1n) is 6.05. The van der Waals surface area contributed by atoms with Crippen molar-refractivity contribution in [2.24, 2.45) is 7.05 Å². The molecule has 0 radical (unpaired) electrons. The number of nitrogens with zero attached hydrogens (tertiary/aromatic N) is 3. The van der Waals surface area contributed by atoms with Crippen LogP contribution in [0.4, 0.5) is 0 Å². The fourth-order valence-electron chi connectivity index (χ4n) is 2.41. The number of hydrogen-bond donors (Lipinski definition) is 0. The maximum atomic E-state index is 4.74. The molecule has 0 N–H and O–H groups in total. The molecule has 2 heterocycles. The Kier molecular flexibility index (Phi) is 2.48. The van der Waals surface area contributed by atoms with Crippen LogP contribution in [-0.4, -0.2) is 34.6 Å². The van der Waals surface area contributed by atoms with Crippen LogP contribution >= 0.6 is 0 Å². The van der Waals surface area contributed by atoms with Crippen LogP contribution in [0, 0.1) is 0 Å². The van der Waals surface area contributed by atoms with Crippen LogP contribution in [0.15, 0.2) is 30.3 Å². The van der Waals surface area contributed by atoms with Gasteiger partial charge in [-0.3, -0.25) is 0 Å². The van der Waals surface area contributed by atoms with Gasteiger partial charge in [0.1, 0.15) is 5.82 Å². The van der Waals surface area contributed by atoms with E-state index in [1.807, 2.05) is 6.07 Å². The van der Waals surface area contributed by atoms with Crippen LogP contribution in [-0.2, 0) is 7.05 Å². The summed E-state index contributed by atoms with van der Waals surface area (Å²) in [5.41, 5.74) is 3.67. The SMILES string of the molecule is CN1CC=C(c2nc3ccccc3n2C)CC1. The first-order chi connectivity index (χ1) is 8.25. The van der Waals surface area contributed by atoms with Crippen molar-refractivity contribution in [1.82, 2.24) is 14.5 Å². The number of hydrogen-bond acceptors (Lipinski definition) is 2. The van der Waals surface area contributed by atoms with E-state index in [9.17, 15) is 0 Å². The number of aryl methyl sites for hydroxylation is 1. The second-order valence-electron chi connectivity index (χ2n) is 4.72. The lowest BCUT2D eigenvalue weighted by Gasteiger charge is -2.21. The number of benzene rings is 1. The number of fused-ring (bicyclic) bond motifs is 1. The molecule has 2 aromatic rings. The highest BCUT2D eigenvalue weighted by molar-refractivity contribution is 5.79. The minimum Gasteiger partial charge on any atom is -0.327 e. The quantitative estimate of drug-likeness (QED) is 0.745. The Morgan fingerprint density at radius 1 is 1.18 bits per heavy atom. The Labute approximate surface area is 101 Å². The van der Waals surface area contributed by atoms with E-state index in [2.05, 4.69) is 47.8 Å². The molecule has 1 aliphatic heterocycles. The molecule has 1 aliphatic rings. The third kappa shape index (κ3) is 1.76. The van der Waals surface area contributed by atoms with E-state index in [0.717, 1.165) is 30.9 Å². The van der Waals surface area contributed by atoms with E-state index in [0.29, 0.717) is 0 Å². The smallest absolute Gasteiger partial charge is 0.136 e. The minimum absolute atomic E-state index is 1.03. The zero-order valence-corrected chi connectivity index (χ0v) is 10.3. The minimum atomic E-state index is 1.03. The summed E-state index contributed by atoms with van der Waals surface area (Å²) >= 11 is 0. The van der Waals surface area contributed by atoms with Crippen molar-refractivity contribution in [2.45, 2.75) is 6.42 Å². The van der Waals surface area contributed by atoms with Gasteiger partial charge in [0, 0.05) is 20.1 Å². The van der Waals surface area contributed by atoms with Gasteiger partial charge in [0.25, 0.3) is 0 Å². The third-order valence-electron chi connectivity index (χ3n) is 3.49. The summed E-state index contributed by atoms with van der Waals surface area (Å²) in [6, 6.07) is 8.31.